The van der Waals surface area contributed by atoms with E-state index in [2.05, 4.69) is 5.10 Å². The molecule has 0 saturated heterocycles. The third kappa shape index (κ3) is 2.27. The Labute approximate surface area is 96.7 Å². The van der Waals surface area contributed by atoms with Crippen molar-refractivity contribution in [3.05, 3.63) is 45.5 Å². The predicted octanol–water partition coefficient (Wildman–Crippen LogP) is -0.974. The summed E-state index contributed by atoms with van der Waals surface area (Å²) in [7, 11) is 1.54. The zero-order valence-corrected chi connectivity index (χ0v) is 9.41. The summed E-state index contributed by atoms with van der Waals surface area (Å²) in [6, 6.07) is 0. The Bertz CT molecular complexity index is 637. The predicted molar refractivity (Wildman–Crippen MR) is 62.6 cm³/mol. The lowest BCUT2D eigenvalue weighted by molar-refractivity contribution is 0.515. The van der Waals surface area contributed by atoms with Gasteiger partial charge in [-0.05, 0) is 0 Å². The van der Waals surface area contributed by atoms with Crippen LogP contribution in [0.3, 0.4) is 0 Å². The van der Waals surface area contributed by atoms with E-state index in [-0.39, 0.29) is 0 Å². The average Bonchev–Trinajstić information content (AvgIpc) is 2.71. The van der Waals surface area contributed by atoms with Crippen molar-refractivity contribution in [2.45, 2.75) is 13.1 Å². The van der Waals surface area contributed by atoms with Crippen LogP contribution in [0.5, 0.6) is 0 Å². The highest BCUT2D eigenvalue weighted by Crippen LogP contribution is 1.97. The standard InChI is InChI=1S/C10H13N5O2/c1-13-2-3-14(10(17)9(13)16)4-5-15-7-8(11)6-12-15/h2-3,6-7H,4-5,11H2,1H3. The minimum absolute atomic E-state index is 0.385. The van der Waals surface area contributed by atoms with E-state index in [1.165, 1.54) is 15.3 Å². The van der Waals surface area contributed by atoms with E-state index in [1.807, 2.05) is 0 Å². The Balaban J connectivity index is 2.18. The van der Waals surface area contributed by atoms with Gasteiger partial charge in [-0.15, -0.1) is 0 Å². The lowest BCUT2D eigenvalue weighted by Crippen LogP contribution is -2.40. The number of anilines is 1. The maximum Gasteiger partial charge on any atom is 0.316 e. The minimum Gasteiger partial charge on any atom is -0.396 e. The van der Waals surface area contributed by atoms with Gasteiger partial charge in [0.15, 0.2) is 0 Å². The normalized spacial score (nSPS) is 10.6. The summed E-state index contributed by atoms with van der Waals surface area (Å²) in [6.45, 7) is 0.875. The van der Waals surface area contributed by atoms with E-state index in [1.54, 1.807) is 30.3 Å². The maximum atomic E-state index is 11.6. The molecule has 0 aliphatic carbocycles. The van der Waals surface area contributed by atoms with Gasteiger partial charge < -0.3 is 14.9 Å². The lowest BCUT2D eigenvalue weighted by atomic mass is 10.5. The Hall–Kier alpha value is -2.31. The first kappa shape index (κ1) is 11.2. The van der Waals surface area contributed by atoms with Crippen molar-refractivity contribution in [1.82, 2.24) is 18.9 Å². The topological polar surface area (TPSA) is 87.8 Å². The number of hydrogen-bond donors (Lipinski definition) is 1. The number of nitrogens with two attached hydrogens (primary N) is 1. The molecule has 17 heavy (non-hydrogen) atoms. The largest absolute Gasteiger partial charge is 0.396 e. The first-order chi connectivity index (χ1) is 8.08. The van der Waals surface area contributed by atoms with Crippen LogP contribution in [-0.2, 0) is 20.1 Å². The second kappa shape index (κ2) is 4.28. The Kier molecular flexibility index (Phi) is 2.82. The molecule has 90 valence electrons. The molecule has 0 aliphatic heterocycles. The Morgan fingerprint density at radius 1 is 1.24 bits per heavy atom. The Morgan fingerprint density at radius 3 is 2.65 bits per heavy atom. The van der Waals surface area contributed by atoms with Gasteiger partial charge in [0.2, 0.25) is 0 Å². The van der Waals surface area contributed by atoms with Gasteiger partial charge in [0.1, 0.15) is 0 Å². The first-order valence-electron chi connectivity index (χ1n) is 5.12. The molecule has 7 heteroatoms. The molecular formula is C10H13N5O2. The zero-order chi connectivity index (χ0) is 12.4. The molecule has 0 radical (unpaired) electrons. The third-order valence-corrected chi connectivity index (χ3v) is 2.46. The summed E-state index contributed by atoms with van der Waals surface area (Å²) >= 11 is 0. The van der Waals surface area contributed by atoms with E-state index in [0.717, 1.165) is 0 Å². The van der Waals surface area contributed by atoms with Crippen molar-refractivity contribution >= 4 is 5.69 Å². The number of aryl methyl sites for hydroxylation is 3. The zero-order valence-electron chi connectivity index (χ0n) is 9.41. The molecule has 0 amide bonds. The van der Waals surface area contributed by atoms with Gasteiger partial charge in [-0.3, -0.25) is 14.3 Å². The van der Waals surface area contributed by atoms with Gasteiger partial charge in [-0.1, -0.05) is 0 Å². The summed E-state index contributed by atoms with van der Waals surface area (Å²) in [4.78, 5) is 23.0. The van der Waals surface area contributed by atoms with Crippen LogP contribution < -0.4 is 16.9 Å². The van der Waals surface area contributed by atoms with Crippen LogP contribution in [0.2, 0.25) is 0 Å². The minimum atomic E-state index is -0.535. The monoisotopic (exact) mass is 235 g/mol. The van der Waals surface area contributed by atoms with Crippen molar-refractivity contribution in [1.29, 1.82) is 0 Å². The summed E-state index contributed by atoms with van der Waals surface area (Å²) < 4.78 is 4.24. The maximum absolute atomic E-state index is 11.6. The van der Waals surface area contributed by atoms with Gasteiger partial charge in [0, 0.05) is 32.2 Å². The quantitative estimate of drug-likeness (QED) is 0.693. The third-order valence-electron chi connectivity index (χ3n) is 2.46. The highest BCUT2D eigenvalue weighted by Gasteiger charge is 2.02. The highest BCUT2D eigenvalue weighted by atomic mass is 16.2. The molecule has 0 aromatic carbocycles. The number of nitrogen functional groups attached to an aromatic ring is 1. The fourth-order valence-electron chi connectivity index (χ4n) is 1.48. The van der Waals surface area contributed by atoms with Gasteiger partial charge in [-0.2, -0.15) is 5.10 Å². The van der Waals surface area contributed by atoms with E-state index >= 15 is 0 Å². The molecule has 2 N–H and O–H groups in total. The van der Waals surface area contributed by atoms with Crippen molar-refractivity contribution < 1.29 is 0 Å². The fraction of sp³-hybridized carbons (Fsp3) is 0.300. The second-order valence-corrected chi connectivity index (χ2v) is 3.75. The molecule has 0 atom stereocenters. The summed E-state index contributed by atoms with van der Waals surface area (Å²) in [5.74, 6) is 0. The van der Waals surface area contributed by atoms with Crippen molar-refractivity contribution in [2.24, 2.45) is 7.05 Å². The van der Waals surface area contributed by atoms with Crippen molar-refractivity contribution in [3.8, 4) is 0 Å². The molecular weight excluding hydrogens is 222 g/mol. The molecule has 0 unspecified atom stereocenters. The van der Waals surface area contributed by atoms with Gasteiger partial charge in [0.05, 0.1) is 18.4 Å². The van der Waals surface area contributed by atoms with Crippen LogP contribution in [0.15, 0.2) is 34.4 Å². The number of rotatable bonds is 3. The van der Waals surface area contributed by atoms with E-state index in [4.69, 9.17) is 5.73 Å². The molecule has 2 aromatic rings. The van der Waals surface area contributed by atoms with Crippen LogP contribution in [0.1, 0.15) is 0 Å². The van der Waals surface area contributed by atoms with E-state index in [9.17, 15) is 9.59 Å². The average molecular weight is 235 g/mol. The number of aromatic nitrogens is 4. The van der Waals surface area contributed by atoms with E-state index in [0.29, 0.717) is 18.8 Å². The molecule has 2 aromatic heterocycles. The Morgan fingerprint density at radius 2 is 2.00 bits per heavy atom. The molecule has 0 spiro atoms. The van der Waals surface area contributed by atoms with Crippen LogP contribution in [0.25, 0.3) is 0 Å². The molecule has 0 bridgehead atoms. The molecule has 2 rings (SSSR count). The van der Waals surface area contributed by atoms with Gasteiger partial charge >= 0.3 is 11.1 Å². The van der Waals surface area contributed by atoms with Gasteiger partial charge in [-0.25, -0.2) is 0 Å². The highest BCUT2D eigenvalue weighted by molar-refractivity contribution is 5.30. The molecule has 2 heterocycles. The number of nitrogens with zero attached hydrogens (tertiary/aromatic N) is 4. The smallest absolute Gasteiger partial charge is 0.316 e. The summed E-state index contributed by atoms with van der Waals surface area (Å²) in [6.07, 6.45) is 6.34. The molecule has 0 aliphatic rings. The summed E-state index contributed by atoms with van der Waals surface area (Å²) in [5.41, 5.74) is 5.02. The van der Waals surface area contributed by atoms with Crippen molar-refractivity contribution in [3.63, 3.8) is 0 Å². The first-order valence-corrected chi connectivity index (χ1v) is 5.12. The number of hydrogen-bond acceptors (Lipinski definition) is 4. The van der Waals surface area contributed by atoms with Crippen LogP contribution in [0, 0.1) is 0 Å². The second-order valence-electron chi connectivity index (χ2n) is 3.75. The van der Waals surface area contributed by atoms with Crippen LogP contribution in [-0.4, -0.2) is 18.9 Å². The lowest BCUT2D eigenvalue weighted by Gasteiger charge is -2.05. The van der Waals surface area contributed by atoms with Crippen LogP contribution >= 0.6 is 0 Å². The SMILES string of the molecule is Cn1ccn(CCn2cc(N)cn2)c(=O)c1=O. The van der Waals surface area contributed by atoms with Gasteiger partial charge in [0.25, 0.3) is 0 Å². The van der Waals surface area contributed by atoms with Crippen LogP contribution in [0.4, 0.5) is 5.69 Å². The van der Waals surface area contributed by atoms with E-state index < -0.39 is 11.1 Å². The fourth-order valence-corrected chi connectivity index (χ4v) is 1.48. The van der Waals surface area contributed by atoms with Crippen molar-refractivity contribution in [2.75, 3.05) is 5.73 Å². The molecule has 0 fully saturated rings. The molecule has 7 nitrogen and oxygen atoms in total. The molecule has 0 saturated carbocycles. The summed E-state index contributed by atoms with van der Waals surface area (Å²) in [5, 5.41) is 3.99.